The number of primary amides is 1. The molecule has 0 spiro atoms. The lowest BCUT2D eigenvalue weighted by atomic mass is 10.2. The summed E-state index contributed by atoms with van der Waals surface area (Å²) in [6.07, 6.45) is 0.0128. The third-order valence-electron chi connectivity index (χ3n) is 1.71. The van der Waals surface area contributed by atoms with Crippen LogP contribution in [0, 0.1) is 0 Å². The second-order valence-corrected chi connectivity index (χ2v) is 2.85. The Morgan fingerprint density at radius 2 is 2.29 bits per heavy atom. The fourth-order valence-corrected chi connectivity index (χ4v) is 0.923. The van der Waals surface area contributed by atoms with E-state index in [1.54, 1.807) is 31.2 Å². The molecule has 2 N–H and O–H groups in total. The van der Waals surface area contributed by atoms with E-state index >= 15 is 0 Å². The van der Waals surface area contributed by atoms with Gasteiger partial charge in [-0.2, -0.15) is 0 Å². The number of carbonyl (C=O) groups excluding carboxylic acids is 2. The molecule has 0 bridgehead atoms. The molecule has 0 unspecified atom stereocenters. The van der Waals surface area contributed by atoms with Crippen LogP contribution in [0.25, 0.3) is 0 Å². The van der Waals surface area contributed by atoms with Crippen molar-refractivity contribution in [3.63, 3.8) is 0 Å². The first-order chi connectivity index (χ1) is 6.63. The van der Waals surface area contributed by atoms with Gasteiger partial charge >= 0.3 is 0 Å². The third-order valence-corrected chi connectivity index (χ3v) is 1.71. The predicted octanol–water partition coefficient (Wildman–Crippen LogP) is 0.752. The van der Waals surface area contributed by atoms with Crippen molar-refractivity contribution in [1.82, 2.24) is 0 Å². The van der Waals surface area contributed by atoms with Crippen LogP contribution in [-0.4, -0.2) is 18.3 Å². The number of benzene rings is 1. The monoisotopic (exact) mass is 193 g/mol. The van der Waals surface area contributed by atoms with E-state index in [9.17, 15) is 9.59 Å². The average Bonchev–Trinajstić information content (AvgIpc) is 2.18. The summed E-state index contributed by atoms with van der Waals surface area (Å²) in [7, 11) is 0. The quantitative estimate of drug-likeness (QED) is 0.717. The smallest absolute Gasteiger partial charge is 0.258 e. The molecule has 0 aliphatic carbocycles. The molecule has 0 saturated heterocycles. The Morgan fingerprint density at radius 3 is 2.86 bits per heavy atom. The van der Waals surface area contributed by atoms with Gasteiger partial charge in [0.15, 0.2) is 6.10 Å². The Labute approximate surface area is 81.7 Å². The van der Waals surface area contributed by atoms with Gasteiger partial charge in [-0.3, -0.25) is 9.59 Å². The lowest BCUT2D eigenvalue weighted by molar-refractivity contribution is -0.123. The average molecular weight is 193 g/mol. The van der Waals surface area contributed by atoms with Gasteiger partial charge in [0.25, 0.3) is 5.91 Å². The minimum absolute atomic E-state index is 0.459. The molecule has 4 heteroatoms. The van der Waals surface area contributed by atoms with E-state index in [4.69, 9.17) is 10.5 Å². The fourth-order valence-electron chi connectivity index (χ4n) is 0.923. The first-order valence-corrected chi connectivity index (χ1v) is 4.14. The van der Waals surface area contributed by atoms with Crippen molar-refractivity contribution < 1.29 is 14.3 Å². The van der Waals surface area contributed by atoms with Crippen molar-refractivity contribution in [1.29, 1.82) is 0 Å². The van der Waals surface area contributed by atoms with Gasteiger partial charge in [0.05, 0.1) is 0 Å². The van der Waals surface area contributed by atoms with E-state index in [0.717, 1.165) is 0 Å². The molecule has 1 aromatic rings. The van der Waals surface area contributed by atoms with Gasteiger partial charge in [-0.05, 0) is 19.1 Å². The molecule has 4 nitrogen and oxygen atoms in total. The number of aldehydes is 1. The van der Waals surface area contributed by atoms with E-state index in [1.165, 1.54) is 0 Å². The zero-order valence-corrected chi connectivity index (χ0v) is 7.77. The number of ether oxygens (including phenoxy) is 1. The number of hydrogen-bond donors (Lipinski definition) is 1. The van der Waals surface area contributed by atoms with Crippen molar-refractivity contribution in [3.8, 4) is 5.75 Å². The Morgan fingerprint density at radius 1 is 1.57 bits per heavy atom. The molecule has 0 aromatic heterocycles. The minimum Gasteiger partial charge on any atom is -0.481 e. The Balaban J connectivity index is 2.76. The van der Waals surface area contributed by atoms with Crippen molar-refractivity contribution in [2.45, 2.75) is 13.0 Å². The molecule has 1 rings (SSSR count). The van der Waals surface area contributed by atoms with Gasteiger partial charge in [0.2, 0.25) is 0 Å². The van der Waals surface area contributed by atoms with E-state index in [-0.39, 0.29) is 0 Å². The number of carbonyl (C=O) groups is 2. The van der Waals surface area contributed by atoms with Gasteiger partial charge in [-0.1, -0.05) is 12.1 Å². The highest BCUT2D eigenvalue weighted by Crippen LogP contribution is 2.13. The highest BCUT2D eigenvalue weighted by molar-refractivity contribution is 5.79. The molecule has 14 heavy (non-hydrogen) atoms. The summed E-state index contributed by atoms with van der Waals surface area (Å²) in [4.78, 5) is 21.1. The molecule has 0 fully saturated rings. The molecule has 0 saturated carbocycles. The van der Waals surface area contributed by atoms with E-state index in [2.05, 4.69) is 0 Å². The molecule has 1 atom stereocenters. The Kier molecular flexibility index (Phi) is 3.23. The molecule has 0 heterocycles. The van der Waals surface area contributed by atoms with E-state index in [1.807, 2.05) is 0 Å². The maximum Gasteiger partial charge on any atom is 0.258 e. The van der Waals surface area contributed by atoms with Crippen LogP contribution in [0.3, 0.4) is 0 Å². The number of amides is 1. The van der Waals surface area contributed by atoms with E-state index < -0.39 is 12.0 Å². The first-order valence-electron chi connectivity index (χ1n) is 4.14. The lowest BCUT2D eigenvalue weighted by Crippen LogP contribution is -2.30. The molecule has 0 radical (unpaired) electrons. The van der Waals surface area contributed by atoms with Crippen LogP contribution in [-0.2, 0) is 4.79 Å². The largest absolute Gasteiger partial charge is 0.481 e. The minimum atomic E-state index is -0.697. The molecular formula is C10H11NO3. The Bertz CT molecular complexity index is 349. The van der Waals surface area contributed by atoms with Crippen LogP contribution in [0.2, 0.25) is 0 Å². The van der Waals surface area contributed by atoms with Gasteiger partial charge in [0, 0.05) is 5.56 Å². The highest BCUT2D eigenvalue weighted by atomic mass is 16.5. The molecule has 0 aliphatic rings. The maximum absolute atomic E-state index is 10.7. The second-order valence-electron chi connectivity index (χ2n) is 2.85. The summed E-state index contributed by atoms with van der Waals surface area (Å²) in [6, 6.07) is 6.53. The van der Waals surface area contributed by atoms with Crippen LogP contribution >= 0.6 is 0 Å². The van der Waals surface area contributed by atoms with Gasteiger partial charge in [-0.15, -0.1) is 0 Å². The fraction of sp³-hybridized carbons (Fsp3) is 0.200. The van der Waals surface area contributed by atoms with Crippen LogP contribution in [0.4, 0.5) is 0 Å². The molecule has 1 amide bonds. The third kappa shape index (κ3) is 2.58. The maximum atomic E-state index is 10.7. The van der Waals surface area contributed by atoms with Gasteiger partial charge < -0.3 is 10.5 Å². The zero-order valence-electron chi connectivity index (χ0n) is 7.77. The van der Waals surface area contributed by atoms with Crippen LogP contribution in [0.5, 0.6) is 5.75 Å². The van der Waals surface area contributed by atoms with Crippen molar-refractivity contribution in [3.05, 3.63) is 29.8 Å². The summed E-state index contributed by atoms with van der Waals surface area (Å²) in [5.41, 5.74) is 5.52. The molecule has 0 aliphatic heterocycles. The van der Waals surface area contributed by atoms with Gasteiger partial charge in [0.1, 0.15) is 12.0 Å². The van der Waals surface area contributed by atoms with Crippen LogP contribution in [0.1, 0.15) is 17.3 Å². The van der Waals surface area contributed by atoms with Crippen LogP contribution < -0.4 is 10.5 Å². The van der Waals surface area contributed by atoms with Gasteiger partial charge in [-0.25, -0.2) is 0 Å². The summed E-state index contributed by atoms with van der Waals surface area (Å²) >= 11 is 0. The number of rotatable bonds is 4. The normalized spacial score (nSPS) is 11.8. The summed E-state index contributed by atoms with van der Waals surface area (Å²) < 4.78 is 5.18. The topological polar surface area (TPSA) is 69.4 Å². The lowest BCUT2D eigenvalue weighted by Gasteiger charge is -2.10. The number of nitrogens with two attached hydrogens (primary N) is 1. The Hall–Kier alpha value is -1.84. The van der Waals surface area contributed by atoms with Crippen molar-refractivity contribution in [2.75, 3.05) is 0 Å². The SMILES string of the molecule is C[C@@H](Oc1cccc(C=O)c1)C(N)=O. The number of hydrogen-bond acceptors (Lipinski definition) is 3. The van der Waals surface area contributed by atoms with Crippen molar-refractivity contribution in [2.24, 2.45) is 5.73 Å². The zero-order chi connectivity index (χ0) is 10.6. The van der Waals surface area contributed by atoms with Crippen molar-refractivity contribution >= 4 is 12.2 Å². The molecule has 1 aromatic carbocycles. The molecule has 74 valence electrons. The predicted molar refractivity (Wildman–Crippen MR) is 51.1 cm³/mol. The highest BCUT2D eigenvalue weighted by Gasteiger charge is 2.09. The summed E-state index contributed by atoms with van der Waals surface area (Å²) in [5.74, 6) is -0.0811. The second kappa shape index (κ2) is 4.41. The van der Waals surface area contributed by atoms with Crippen LogP contribution in [0.15, 0.2) is 24.3 Å². The first kappa shape index (κ1) is 10.2. The standard InChI is InChI=1S/C10H11NO3/c1-7(10(11)13)14-9-4-2-3-8(5-9)6-12/h2-7H,1H3,(H2,11,13)/t7-/m1/s1. The van der Waals surface area contributed by atoms with E-state index in [0.29, 0.717) is 17.6 Å². The summed E-state index contributed by atoms with van der Waals surface area (Å²) in [5, 5.41) is 0. The summed E-state index contributed by atoms with van der Waals surface area (Å²) in [6.45, 7) is 1.55. The molecular weight excluding hydrogens is 182 g/mol.